The van der Waals surface area contributed by atoms with Crippen molar-refractivity contribution in [3.8, 4) is 0 Å². The van der Waals surface area contributed by atoms with Crippen molar-refractivity contribution < 1.29 is 0 Å². The summed E-state index contributed by atoms with van der Waals surface area (Å²) in [6, 6.07) is 2.18. The fraction of sp³-hybridized carbons (Fsp3) is 0.583. The molecule has 1 aliphatic heterocycles. The van der Waals surface area contributed by atoms with Crippen molar-refractivity contribution in [2.45, 2.75) is 25.2 Å². The Morgan fingerprint density at radius 3 is 2.72 bits per heavy atom. The van der Waals surface area contributed by atoms with Gasteiger partial charge in [0, 0.05) is 4.88 Å². The lowest BCUT2D eigenvalue weighted by molar-refractivity contribution is 0.349. The number of hydrogen-bond donors (Lipinski definition) is 1. The summed E-state index contributed by atoms with van der Waals surface area (Å²) in [5.74, 6) is 0.872. The number of piperidine rings is 1. The second-order valence-corrected chi connectivity index (χ2v) is 5.78. The van der Waals surface area contributed by atoms with Crippen LogP contribution in [0.15, 0.2) is 11.4 Å². The van der Waals surface area contributed by atoms with Crippen molar-refractivity contribution in [1.82, 2.24) is 25.5 Å². The average Bonchev–Trinajstić information content (AvgIpc) is 2.99. The highest BCUT2D eigenvalue weighted by Gasteiger charge is 2.41. The van der Waals surface area contributed by atoms with Gasteiger partial charge in [0.25, 0.3) is 0 Å². The second-order valence-electron chi connectivity index (χ2n) is 4.87. The maximum Gasteiger partial charge on any atom is 0.186 e. The molecule has 0 radical (unpaired) electrons. The summed E-state index contributed by atoms with van der Waals surface area (Å²) in [5, 5.41) is 18.4. The molecule has 0 aliphatic carbocycles. The van der Waals surface area contributed by atoms with E-state index in [9.17, 15) is 0 Å². The van der Waals surface area contributed by atoms with E-state index in [0.29, 0.717) is 0 Å². The highest BCUT2D eigenvalue weighted by molar-refractivity contribution is 7.10. The van der Waals surface area contributed by atoms with Gasteiger partial charge in [0.05, 0.1) is 12.5 Å². The van der Waals surface area contributed by atoms with Crippen LogP contribution in [0.4, 0.5) is 0 Å². The van der Waals surface area contributed by atoms with Crippen molar-refractivity contribution in [1.29, 1.82) is 0 Å². The van der Waals surface area contributed by atoms with Crippen LogP contribution < -0.4 is 5.32 Å². The van der Waals surface area contributed by atoms with Gasteiger partial charge in [-0.05, 0) is 55.1 Å². The molecule has 18 heavy (non-hydrogen) atoms. The molecule has 2 aromatic rings. The molecule has 0 amide bonds. The van der Waals surface area contributed by atoms with Gasteiger partial charge in [0.2, 0.25) is 0 Å². The minimum Gasteiger partial charge on any atom is -0.317 e. The van der Waals surface area contributed by atoms with Crippen LogP contribution >= 0.6 is 11.3 Å². The molecular formula is C12H17N5S. The number of thiophene rings is 1. The predicted molar refractivity (Wildman–Crippen MR) is 70.7 cm³/mol. The third-order valence-corrected chi connectivity index (χ3v) is 4.91. The predicted octanol–water partition coefficient (Wildman–Crippen LogP) is 1.25. The summed E-state index contributed by atoms with van der Waals surface area (Å²) in [6.07, 6.45) is 2.08. The molecule has 6 heteroatoms. The number of tetrazole rings is 1. The smallest absolute Gasteiger partial charge is 0.186 e. The summed E-state index contributed by atoms with van der Waals surface area (Å²) in [7, 11) is 1.83. The van der Waals surface area contributed by atoms with Crippen LogP contribution in [-0.2, 0) is 12.5 Å². The molecule has 3 heterocycles. The van der Waals surface area contributed by atoms with Crippen LogP contribution in [0.3, 0.4) is 0 Å². The van der Waals surface area contributed by atoms with E-state index in [4.69, 9.17) is 0 Å². The van der Waals surface area contributed by atoms with E-state index in [-0.39, 0.29) is 5.41 Å². The molecule has 0 bridgehead atoms. The fourth-order valence-corrected chi connectivity index (χ4v) is 3.93. The van der Waals surface area contributed by atoms with Crippen molar-refractivity contribution in [3.05, 3.63) is 27.7 Å². The molecule has 1 aliphatic rings. The molecule has 96 valence electrons. The Morgan fingerprint density at radius 1 is 1.39 bits per heavy atom. The molecule has 1 N–H and O–H groups in total. The lowest BCUT2D eigenvalue weighted by Gasteiger charge is -2.34. The number of aryl methyl sites for hydroxylation is 2. The van der Waals surface area contributed by atoms with E-state index in [1.807, 2.05) is 18.4 Å². The van der Waals surface area contributed by atoms with Gasteiger partial charge < -0.3 is 5.32 Å². The Balaban J connectivity index is 2.12. The molecular weight excluding hydrogens is 246 g/mol. The van der Waals surface area contributed by atoms with Gasteiger partial charge in [-0.1, -0.05) is 0 Å². The third kappa shape index (κ3) is 1.76. The number of aromatic nitrogens is 4. The molecule has 0 spiro atoms. The molecule has 0 atom stereocenters. The number of rotatable bonds is 2. The van der Waals surface area contributed by atoms with E-state index >= 15 is 0 Å². The summed E-state index contributed by atoms with van der Waals surface area (Å²) < 4.78 is 0. The Morgan fingerprint density at radius 2 is 2.17 bits per heavy atom. The van der Waals surface area contributed by atoms with E-state index < -0.39 is 0 Å². The minimum atomic E-state index is -0.0439. The van der Waals surface area contributed by atoms with Crippen LogP contribution in [-0.4, -0.2) is 33.3 Å². The molecule has 0 unspecified atom stereocenters. The molecule has 1 fully saturated rings. The fourth-order valence-electron chi connectivity index (χ4n) is 2.74. The van der Waals surface area contributed by atoms with Crippen molar-refractivity contribution in [3.63, 3.8) is 0 Å². The van der Waals surface area contributed by atoms with E-state index in [1.165, 1.54) is 10.4 Å². The Bertz CT molecular complexity index is 538. The first kappa shape index (κ1) is 11.8. The zero-order chi connectivity index (χ0) is 12.6. The molecule has 3 rings (SSSR count). The summed E-state index contributed by atoms with van der Waals surface area (Å²) >= 11 is 1.81. The standard InChI is InChI=1S/C12H17N5S/c1-9-3-8-18-10(9)12(4-6-13-7-5-12)11-14-16-17(2)15-11/h3,8,13H,4-7H2,1-2H3. The van der Waals surface area contributed by atoms with Gasteiger partial charge >= 0.3 is 0 Å². The molecule has 1 saturated heterocycles. The first-order chi connectivity index (χ1) is 8.72. The zero-order valence-corrected chi connectivity index (χ0v) is 11.5. The van der Waals surface area contributed by atoms with E-state index in [0.717, 1.165) is 31.8 Å². The lowest BCUT2D eigenvalue weighted by atomic mass is 9.76. The maximum absolute atomic E-state index is 4.48. The maximum atomic E-state index is 4.48. The summed E-state index contributed by atoms with van der Waals surface area (Å²) in [5.41, 5.74) is 1.30. The van der Waals surface area contributed by atoms with Gasteiger partial charge in [-0.3, -0.25) is 0 Å². The van der Waals surface area contributed by atoms with E-state index in [1.54, 1.807) is 4.80 Å². The van der Waals surface area contributed by atoms with E-state index in [2.05, 4.69) is 39.1 Å². The number of hydrogen-bond acceptors (Lipinski definition) is 5. The molecule has 0 aromatic carbocycles. The molecule has 2 aromatic heterocycles. The van der Waals surface area contributed by atoms with Crippen LogP contribution in [0, 0.1) is 6.92 Å². The Labute approximate surface area is 110 Å². The van der Waals surface area contributed by atoms with Crippen molar-refractivity contribution >= 4 is 11.3 Å². The summed E-state index contributed by atoms with van der Waals surface area (Å²) in [4.78, 5) is 2.96. The Hall–Kier alpha value is -1.27. The normalized spacial score (nSPS) is 19.0. The third-order valence-electron chi connectivity index (χ3n) is 3.69. The molecule has 0 saturated carbocycles. The van der Waals surface area contributed by atoms with Gasteiger partial charge in [-0.2, -0.15) is 4.80 Å². The molecule has 5 nitrogen and oxygen atoms in total. The van der Waals surface area contributed by atoms with Gasteiger partial charge in [0.1, 0.15) is 0 Å². The minimum absolute atomic E-state index is 0.0439. The second kappa shape index (κ2) is 4.44. The quantitative estimate of drug-likeness (QED) is 0.886. The highest BCUT2D eigenvalue weighted by atomic mass is 32.1. The van der Waals surface area contributed by atoms with Crippen LogP contribution in [0.5, 0.6) is 0 Å². The topological polar surface area (TPSA) is 55.6 Å². The first-order valence-electron chi connectivity index (χ1n) is 6.22. The monoisotopic (exact) mass is 263 g/mol. The summed E-state index contributed by atoms with van der Waals surface area (Å²) in [6.45, 7) is 4.19. The zero-order valence-electron chi connectivity index (χ0n) is 10.7. The number of nitrogens with zero attached hydrogens (tertiary/aromatic N) is 4. The van der Waals surface area contributed by atoms with Crippen LogP contribution in [0.25, 0.3) is 0 Å². The van der Waals surface area contributed by atoms with Gasteiger partial charge in [-0.15, -0.1) is 21.5 Å². The highest BCUT2D eigenvalue weighted by Crippen LogP contribution is 2.42. The Kier molecular flexibility index (Phi) is 2.91. The number of nitrogens with one attached hydrogen (secondary N) is 1. The first-order valence-corrected chi connectivity index (χ1v) is 7.10. The average molecular weight is 263 g/mol. The van der Waals surface area contributed by atoms with Crippen molar-refractivity contribution in [2.75, 3.05) is 13.1 Å². The van der Waals surface area contributed by atoms with Crippen molar-refractivity contribution in [2.24, 2.45) is 7.05 Å². The lowest BCUT2D eigenvalue weighted by Crippen LogP contribution is -2.41. The van der Waals surface area contributed by atoms with Crippen LogP contribution in [0.1, 0.15) is 29.1 Å². The van der Waals surface area contributed by atoms with Gasteiger partial charge in [-0.25, -0.2) is 0 Å². The van der Waals surface area contributed by atoms with Gasteiger partial charge in [0.15, 0.2) is 5.82 Å². The largest absolute Gasteiger partial charge is 0.317 e. The van der Waals surface area contributed by atoms with Crippen LogP contribution in [0.2, 0.25) is 0 Å². The SMILES string of the molecule is Cc1ccsc1C1(c2nnn(C)n2)CCNCC1.